The maximum Gasteiger partial charge on any atom is 0.287 e. The van der Waals surface area contributed by atoms with Crippen molar-refractivity contribution in [2.24, 2.45) is 5.92 Å². The summed E-state index contributed by atoms with van der Waals surface area (Å²) in [6, 6.07) is 14.7. The molecule has 1 atom stereocenters. The summed E-state index contributed by atoms with van der Waals surface area (Å²) >= 11 is 0. The van der Waals surface area contributed by atoms with E-state index in [1.165, 1.54) is 0 Å². The molecule has 1 aromatic carbocycles. The lowest BCUT2D eigenvalue weighted by molar-refractivity contribution is 0.0897. The van der Waals surface area contributed by atoms with Crippen molar-refractivity contribution in [1.82, 2.24) is 19.9 Å². The van der Waals surface area contributed by atoms with Crippen molar-refractivity contribution in [2.75, 3.05) is 0 Å². The SMILES string of the molecule is CC(C)[C@@H](NC(=O)c1cc2ccccc2o1)c1nnc2ccccn12. The van der Waals surface area contributed by atoms with Gasteiger partial charge in [-0.3, -0.25) is 9.20 Å². The van der Waals surface area contributed by atoms with Gasteiger partial charge >= 0.3 is 0 Å². The molecule has 0 spiro atoms. The molecule has 0 aliphatic heterocycles. The van der Waals surface area contributed by atoms with Gasteiger partial charge in [-0.2, -0.15) is 0 Å². The highest BCUT2D eigenvalue weighted by molar-refractivity contribution is 5.96. The molecule has 0 saturated carbocycles. The molecule has 0 saturated heterocycles. The van der Waals surface area contributed by atoms with E-state index in [1.54, 1.807) is 6.07 Å². The molecule has 4 rings (SSSR count). The Morgan fingerprint density at radius 1 is 1.12 bits per heavy atom. The molecule has 25 heavy (non-hydrogen) atoms. The number of nitrogens with one attached hydrogen (secondary N) is 1. The molecule has 1 N–H and O–H groups in total. The van der Waals surface area contributed by atoms with E-state index >= 15 is 0 Å². The first kappa shape index (κ1) is 15.4. The molecule has 0 fully saturated rings. The van der Waals surface area contributed by atoms with Crippen molar-refractivity contribution in [3.63, 3.8) is 0 Å². The summed E-state index contributed by atoms with van der Waals surface area (Å²) in [6.45, 7) is 4.07. The molecular formula is C19H18N4O2. The summed E-state index contributed by atoms with van der Waals surface area (Å²) < 4.78 is 7.55. The Labute approximate surface area is 144 Å². The fourth-order valence-corrected chi connectivity index (χ4v) is 2.91. The van der Waals surface area contributed by atoms with Crippen LogP contribution in [0.3, 0.4) is 0 Å². The van der Waals surface area contributed by atoms with Gasteiger partial charge in [0.15, 0.2) is 17.2 Å². The summed E-state index contributed by atoms with van der Waals surface area (Å²) in [5.41, 5.74) is 1.45. The van der Waals surface area contributed by atoms with Gasteiger partial charge < -0.3 is 9.73 Å². The lowest BCUT2D eigenvalue weighted by Crippen LogP contribution is -2.32. The number of aromatic nitrogens is 3. The molecule has 0 aliphatic carbocycles. The normalized spacial score (nSPS) is 12.8. The van der Waals surface area contributed by atoms with Crippen molar-refractivity contribution in [3.8, 4) is 0 Å². The molecule has 3 heterocycles. The van der Waals surface area contributed by atoms with Gasteiger partial charge in [0, 0.05) is 11.6 Å². The predicted molar refractivity (Wildman–Crippen MR) is 94.2 cm³/mol. The molecule has 0 radical (unpaired) electrons. The van der Waals surface area contributed by atoms with E-state index in [0.29, 0.717) is 17.2 Å². The number of carbonyl (C=O) groups is 1. The molecule has 1 amide bonds. The van der Waals surface area contributed by atoms with Crippen LogP contribution in [0.25, 0.3) is 16.6 Å². The van der Waals surface area contributed by atoms with Gasteiger partial charge in [0.25, 0.3) is 5.91 Å². The van der Waals surface area contributed by atoms with Gasteiger partial charge in [0.2, 0.25) is 0 Å². The van der Waals surface area contributed by atoms with Crippen molar-refractivity contribution in [3.05, 3.63) is 66.3 Å². The van der Waals surface area contributed by atoms with Crippen LogP contribution in [0, 0.1) is 5.92 Å². The molecule has 0 unspecified atom stereocenters. The van der Waals surface area contributed by atoms with Crippen LogP contribution in [0.1, 0.15) is 36.3 Å². The molecule has 0 aliphatic rings. The third-order valence-electron chi connectivity index (χ3n) is 4.22. The zero-order chi connectivity index (χ0) is 17.4. The number of amides is 1. The van der Waals surface area contributed by atoms with Crippen molar-refractivity contribution in [1.29, 1.82) is 0 Å². The van der Waals surface area contributed by atoms with Crippen LogP contribution < -0.4 is 5.32 Å². The number of rotatable bonds is 4. The van der Waals surface area contributed by atoms with E-state index in [4.69, 9.17) is 4.42 Å². The van der Waals surface area contributed by atoms with Crippen LogP contribution in [0.5, 0.6) is 0 Å². The fraction of sp³-hybridized carbons (Fsp3) is 0.211. The van der Waals surface area contributed by atoms with Crippen LogP contribution in [0.4, 0.5) is 0 Å². The summed E-state index contributed by atoms with van der Waals surface area (Å²) in [4.78, 5) is 12.7. The topological polar surface area (TPSA) is 72.4 Å². The van der Waals surface area contributed by atoms with Crippen LogP contribution in [-0.4, -0.2) is 20.5 Å². The Morgan fingerprint density at radius 3 is 2.72 bits per heavy atom. The van der Waals surface area contributed by atoms with Crippen LogP contribution in [0.15, 0.2) is 59.1 Å². The predicted octanol–water partition coefficient (Wildman–Crippen LogP) is 3.60. The van der Waals surface area contributed by atoms with Crippen LogP contribution in [0.2, 0.25) is 0 Å². The maximum absolute atomic E-state index is 12.7. The minimum Gasteiger partial charge on any atom is -0.451 e. The average Bonchev–Trinajstić information content (AvgIpc) is 3.23. The lowest BCUT2D eigenvalue weighted by Gasteiger charge is -2.20. The zero-order valence-electron chi connectivity index (χ0n) is 14.0. The second-order valence-electron chi connectivity index (χ2n) is 6.33. The standard InChI is InChI=1S/C19H18N4O2/c1-12(2)17(18-22-21-16-9-5-6-10-23(16)18)20-19(24)15-11-13-7-3-4-8-14(13)25-15/h3-12,17H,1-2H3,(H,20,24)/t17-/m1/s1. The van der Waals surface area contributed by atoms with E-state index in [1.807, 2.05) is 66.9 Å². The largest absolute Gasteiger partial charge is 0.451 e. The first-order valence-corrected chi connectivity index (χ1v) is 8.22. The lowest BCUT2D eigenvalue weighted by atomic mass is 10.0. The first-order valence-electron chi connectivity index (χ1n) is 8.22. The monoisotopic (exact) mass is 334 g/mol. The number of para-hydroxylation sites is 1. The third-order valence-corrected chi connectivity index (χ3v) is 4.22. The molecule has 0 bridgehead atoms. The number of furan rings is 1. The van der Waals surface area contributed by atoms with Crippen LogP contribution >= 0.6 is 0 Å². The van der Waals surface area contributed by atoms with E-state index in [0.717, 1.165) is 11.0 Å². The fourth-order valence-electron chi connectivity index (χ4n) is 2.91. The first-order chi connectivity index (χ1) is 12.1. The summed E-state index contributed by atoms with van der Waals surface area (Å²) in [5.74, 6) is 0.874. The highest BCUT2D eigenvalue weighted by Gasteiger charge is 2.25. The minimum atomic E-state index is -0.280. The van der Waals surface area contributed by atoms with Gasteiger partial charge in [0.1, 0.15) is 5.58 Å². The average molecular weight is 334 g/mol. The minimum absolute atomic E-state index is 0.140. The third kappa shape index (κ3) is 2.76. The van der Waals surface area contributed by atoms with E-state index in [-0.39, 0.29) is 17.9 Å². The van der Waals surface area contributed by atoms with Crippen molar-refractivity contribution in [2.45, 2.75) is 19.9 Å². The van der Waals surface area contributed by atoms with E-state index in [2.05, 4.69) is 15.5 Å². The highest BCUT2D eigenvalue weighted by atomic mass is 16.3. The van der Waals surface area contributed by atoms with Gasteiger partial charge in [-0.25, -0.2) is 0 Å². The van der Waals surface area contributed by atoms with Gasteiger partial charge in [-0.1, -0.05) is 38.1 Å². The molecule has 126 valence electrons. The maximum atomic E-state index is 12.7. The number of hydrogen-bond acceptors (Lipinski definition) is 4. The highest BCUT2D eigenvalue weighted by Crippen LogP contribution is 2.23. The van der Waals surface area contributed by atoms with E-state index in [9.17, 15) is 4.79 Å². The second kappa shape index (κ2) is 6.05. The van der Waals surface area contributed by atoms with Gasteiger partial charge in [-0.15, -0.1) is 10.2 Å². The Hall–Kier alpha value is -3.15. The molecular weight excluding hydrogens is 316 g/mol. The Balaban J connectivity index is 1.66. The molecule has 6 heteroatoms. The summed E-state index contributed by atoms with van der Waals surface area (Å²) in [5, 5.41) is 12.4. The number of pyridine rings is 1. The Bertz CT molecular complexity index is 1010. The van der Waals surface area contributed by atoms with Gasteiger partial charge in [-0.05, 0) is 30.2 Å². The van der Waals surface area contributed by atoms with Crippen LogP contribution in [-0.2, 0) is 0 Å². The molecule has 4 aromatic rings. The second-order valence-corrected chi connectivity index (χ2v) is 6.33. The summed E-state index contributed by atoms with van der Waals surface area (Å²) in [7, 11) is 0. The number of carbonyl (C=O) groups excluding carboxylic acids is 1. The Kier molecular flexibility index (Phi) is 3.72. The number of benzene rings is 1. The van der Waals surface area contributed by atoms with E-state index < -0.39 is 0 Å². The quantitative estimate of drug-likeness (QED) is 0.619. The smallest absolute Gasteiger partial charge is 0.287 e. The number of fused-ring (bicyclic) bond motifs is 2. The van der Waals surface area contributed by atoms with Gasteiger partial charge in [0.05, 0.1) is 6.04 Å². The summed E-state index contributed by atoms with van der Waals surface area (Å²) in [6.07, 6.45) is 1.90. The number of hydrogen-bond donors (Lipinski definition) is 1. The molecule has 3 aromatic heterocycles. The van der Waals surface area contributed by atoms with Crippen molar-refractivity contribution < 1.29 is 9.21 Å². The zero-order valence-corrected chi connectivity index (χ0v) is 14.0. The number of nitrogens with zero attached hydrogens (tertiary/aromatic N) is 3. The Morgan fingerprint density at radius 2 is 1.92 bits per heavy atom. The van der Waals surface area contributed by atoms with Crippen molar-refractivity contribution >= 4 is 22.5 Å². The molecule has 6 nitrogen and oxygen atoms in total.